The van der Waals surface area contributed by atoms with Crippen molar-refractivity contribution < 1.29 is 22.7 Å². The van der Waals surface area contributed by atoms with E-state index in [0.717, 1.165) is 19.3 Å². The van der Waals surface area contributed by atoms with Crippen LogP contribution in [-0.2, 0) is 19.6 Å². The maximum Gasteiger partial charge on any atom is 0.339 e. The second-order valence-electron chi connectivity index (χ2n) is 8.90. The van der Waals surface area contributed by atoms with Crippen LogP contribution in [0.25, 0.3) is 22.3 Å². The first-order valence-corrected chi connectivity index (χ1v) is 13.7. The maximum absolute atomic E-state index is 13.0. The van der Waals surface area contributed by atoms with E-state index in [-0.39, 0.29) is 10.5 Å². The molecule has 194 valence electrons. The molecule has 0 aliphatic carbocycles. The number of carbonyl (C=O) groups is 2. The highest BCUT2D eigenvalue weighted by molar-refractivity contribution is 7.89. The molecule has 0 bridgehead atoms. The number of carbonyl (C=O) groups excluding carboxylic acids is 2. The van der Waals surface area contributed by atoms with Crippen molar-refractivity contribution >= 4 is 38.5 Å². The highest BCUT2D eigenvalue weighted by Crippen LogP contribution is 2.25. The van der Waals surface area contributed by atoms with Crippen molar-refractivity contribution in [3.63, 3.8) is 0 Å². The minimum atomic E-state index is -3.56. The first kappa shape index (κ1) is 25.5. The largest absolute Gasteiger partial charge is 0.452 e. The number of pyridine rings is 2. The Kier molecular flexibility index (Phi) is 7.43. The summed E-state index contributed by atoms with van der Waals surface area (Å²) in [6.45, 7) is 0.521. The lowest BCUT2D eigenvalue weighted by Crippen LogP contribution is -2.35. The first-order chi connectivity index (χ1) is 18.4. The number of ether oxygens (including phenoxy) is 1. The molecule has 1 saturated heterocycles. The van der Waals surface area contributed by atoms with Gasteiger partial charge in [-0.05, 0) is 61.4 Å². The summed E-state index contributed by atoms with van der Waals surface area (Å²) in [6.07, 6.45) is 4.38. The molecule has 0 unspecified atom stereocenters. The van der Waals surface area contributed by atoms with Crippen LogP contribution >= 0.6 is 0 Å². The Morgan fingerprint density at radius 1 is 0.895 bits per heavy atom. The Hall–Kier alpha value is -4.15. The number of anilines is 1. The second kappa shape index (κ2) is 11.1. The van der Waals surface area contributed by atoms with Crippen LogP contribution in [0.4, 0.5) is 5.69 Å². The summed E-state index contributed by atoms with van der Waals surface area (Å²) in [5.41, 5.74) is 2.40. The number of piperidine rings is 1. The number of sulfonamides is 1. The zero-order valence-corrected chi connectivity index (χ0v) is 21.4. The van der Waals surface area contributed by atoms with Gasteiger partial charge in [0.05, 0.1) is 27.4 Å². The van der Waals surface area contributed by atoms with E-state index in [2.05, 4.69) is 15.3 Å². The zero-order chi connectivity index (χ0) is 26.5. The van der Waals surface area contributed by atoms with Gasteiger partial charge in [0.1, 0.15) is 0 Å². The Labute approximate surface area is 220 Å². The van der Waals surface area contributed by atoms with Crippen LogP contribution in [0.3, 0.4) is 0 Å². The standard InChI is InChI=1S/C28H26N4O5S/c33-27(30-20-11-13-21(14-12-20)38(35,36)32-16-6-1-7-17-32)19-37-28(34)23-18-26(25-10-4-5-15-29-25)31-24-9-3-2-8-22(23)24/h2-5,8-15,18H,1,6-7,16-17,19H2,(H,30,33). The molecule has 1 aliphatic heterocycles. The fourth-order valence-electron chi connectivity index (χ4n) is 4.36. The maximum atomic E-state index is 13.0. The van der Waals surface area contributed by atoms with E-state index in [1.54, 1.807) is 42.6 Å². The van der Waals surface area contributed by atoms with Crippen LogP contribution in [0, 0.1) is 0 Å². The first-order valence-electron chi connectivity index (χ1n) is 12.3. The fraction of sp³-hybridized carbons (Fsp3) is 0.214. The molecule has 0 spiro atoms. The molecular weight excluding hydrogens is 504 g/mol. The molecule has 10 heteroatoms. The van der Waals surface area contributed by atoms with Gasteiger partial charge in [0.15, 0.2) is 6.61 Å². The van der Waals surface area contributed by atoms with Crippen molar-refractivity contribution in [2.75, 3.05) is 25.0 Å². The van der Waals surface area contributed by atoms with Gasteiger partial charge in [-0.3, -0.25) is 9.78 Å². The predicted octanol–water partition coefficient (Wildman–Crippen LogP) is 4.27. The second-order valence-corrected chi connectivity index (χ2v) is 10.8. The number of aromatic nitrogens is 2. The molecule has 38 heavy (non-hydrogen) atoms. The molecule has 2 aromatic heterocycles. The van der Waals surface area contributed by atoms with Crippen LogP contribution in [0.1, 0.15) is 29.6 Å². The van der Waals surface area contributed by atoms with E-state index in [1.165, 1.54) is 28.6 Å². The fourth-order valence-corrected chi connectivity index (χ4v) is 5.88. The van der Waals surface area contributed by atoms with Crippen molar-refractivity contribution in [3.8, 4) is 11.4 Å². The molecule has 5 rings (SSSR count). The lowest BCUT2D eigenvalue weighted by atomic mass is 10.1. The van der Waals surface area contributed by atoms with Gasteiger partial charge in [-0.1, -0.05) is 30.7 Å². The van der Waals surface area contributed by atoms with Gasteiger partial charge in [0.25, 0.3) is 5.91 Å². The van der Waals surface area contributed by atoms with Crippen molar-refractivity contribution in [2.45, 2.75) is 24.2 Å². The summed E-state index contributed by atoms with van der Waals surface area (Å²) < 4.78 is 32.4. The summed E-state index contributed by atoms with van der Waals surface area (Å²) in [5.74, 6) is -1.22. The van der Waals surface area contributed by atoms with Crippen LogP contribution in [0.15, 0.2) is 83.9 Å². The van der Waals surface area contributed by atoms with Crippen LogP contribution in [0.5, 0.6) is 0 Å². The van der Waals surface area contributed by atoms with Gasteiger partial charge in [-0.25, -0.2) is 18.2 Å². The molecule has 1 N–H and O–H groups in total. The number of nitrogens with zero attached hydrogens (tertiary/aromatic N) is 3. The topological polar surface area (TPSA) is 119 Å². The molecule has 0 saturated carbocycles. The van der Waals surface area contributed by atoms with E-state index < -0.39 is 28.5 Å². The third kappa shape index (κ3) is 5.56. The minimum absolute atomic E-state index is 0.178. The van der Waals surface area contributed by atoms with Crippen LogP contribution < -0.4 is 5.32 Å². The highest BCUT2D eigenvalue weighted by atomic mass is 32.2. The average Bonchev–Trinajstić information content (AvgIpc) is 2.96. The Morgan fingerprint density at radius 3 is 2.37 bits per heavy atom. The smallest absolute Gasteiger partial charge is 0.339 e. The summed E-state index contributed by atoms with van der Waals surface area (Å²) in [5, 5.41) is 3.23. The summed E-state index contributed by atoms with van der Waals surface area (Å²) >= 11 is 0. The van der Waals surface area contributed by atoms with Gasteiger partial charge in [0.2, 0.25) is 10.0 Å². The van der Waals surface area contributed by atoms with Crippen LogP contribution in [-0.4, -0.2) is 54.3 Å². The number of nitrogens with one attached hydrogen (secondary N) is 1. The van der Waals surface area contributed by atoms with Gasteiger partial charge in [-0.2, -0.15) is 4.31 Å². The normalized spacial score (nSPS) is 14.2. The molecule has 0 atom stereocenters. The van der Waals surface area contributed by atoms with Gasteiger partial charge >= 0.3 is 5.97 Å². The Balaban J connectivity index is 1.25. The van der Waals surface area contributed by atoms with E-state index in [4.69, 9.17) is 4.74 Å². The minimum Gasteiger partial charge on any atom is -0.452 e. The van der Waals surface area contributed by atoms with E-state index in [0.29, 0.717) is 41.1 Å². The van der Waals surface area contributed by atoms with Crippen LogP contribution in [0.2, 0.25) is 0 Å². The monoisotopic (exact) mass is 530 g/mol. The number of hydrogen-bond donors (Lipinski definition) is 1. The third-order valence-corrected chi connectivity index (χ3v) is 8.20. The number of rotatable bonds is 7. The van der Waals surface area contributed by atoms with Crippen molar-refractivity contribution in [3.05, 3.63) is 84.6 Å². The molecule has 1 aliphatic rings. The van der Waals surface area contributed by atoms with Gasteiger partial charge in [-0.15, -0.1) is 0 Å². The highest BCUT2D eigenvalue weighted by Gasteiger charge is 2.25. The SMILES string of the molecule is O=C(COC(=O)c1cc(-c2ccccn2)nc2ccccc12)Nc1ccc(S(=O)(=O)N2CCCCC2)cc1. The van der Waals surface area contributed by atoms with E-state index in [1.807, 2.05) is 12.1 Å². The summed E-state index contributed by atoms with van der Waals surface area (Å²) in [4.78, 5) is 34.6. The molecule has 2 aromatic carbocycles. The predicted molar refractivity (Wildman–Crippen MR) is 143 cm³/mol. The Morgan fingerprint density at radius 2 is 1.63 bits per heavy atom. The average molecular weight is 531 g/mol. The molecule has 4 aromatic rings. The van der Waals surface area contributed by atoms with Crippen molar-refractivity contribution in [1.82, 2.24) is 14.3 Å². The number of hydrogen-bond acceptors (Lipinski definition) is 7. The van der Waals surface area contributed by atoms with E-state index in [9.17, 15) is 18.0 Å². The third-order valence-electron chi connectivity index (χ3n) is 6.29. The van der Waals surface area contributed by atoms with Crippen molar-refractivity contribution in [1.29, 1.82) is 0 Å². The summed E-state index contributed by atoms with van der Waals surface area (Å²) in [7, 11) is -3.56. The molecule has 1 amide bonds. The number of fused-ring (bicyclic) bond motifs is 1. The number of amides is 1. The van der Waals surface area contributed by atoms with Crippen molar-refractivity contribution in [2.24, 2.45) is 0 Å². The number of para-hydroxylation sites is 1. The lowest BCUT2D eigenvalue weighted by molar-refractivity contribution is -0.119. The Bertz CT molecular complexity index is 1570. The molecule has 3 heterocycles. The lowest BCUT2D eigenvalue weighted by Gasteiger charge is -2.25. The van der Waals surface area contributed by atoms with Gasteiger partial charge in [0, 0.05) is 30.4 Å². The molecular formula is C28H26N4O5S. The summed E-state index contributed by atoms with van der Waals surface area (Å²) in [6, 6.07) is 20.2. The zero-order valence-electron chi connectivity index (χ0n) is 20.5. The number of esters is 1. The van der Waals surface area contributed by atoms with E-state index >= 15 is 0 Å². The number of benzene rings is 2. The molecule has 0 radical (unpaired) electrons. The van der Waals surface area contributed by atoms with Gasteiger partial charge < -0.3 is 10.1 Å². The molecule has 1 fully saturated rings. The molecule has 9 nitrogen and oxygen atoms in total. The quantitative estimate of drug-likeness (QED) is 0.355.